The minimum Gasteiger partial charge on any atom is -0.378 e. The van der Waals surface area contributed by atoms with E-state index in [2.05, 4.69) is 37.4 Å². The Bertz CT molecular complexity index is 1100. The molecule has 0 aliphatic rings. The molecular formula is C21H21ClN6. The van der Waals surface area contributed by atoms with Crippen LogP contribution < -0.4 is 10.2 Å². The first kappa shape index (κ1) is 18.3. The molecular weight excluding hydrogens is 372 g/mol. The average molecular weight is 393 g/mol. The standard InChI is InChI=1S/C21H21ClN6/c1-14-12-20(24-17-8-10-18(11-9-17)27(2)3)28-21(23-14)25-19(26-28)13-15-4-6-16(22)7-5-15/h4-12,24H,13H2,1-3H3. The fraction of sp³-hybridized carbons (Fsp3) is 0.190. The molecule has 7 heteroatoms. The summed E-state index contributed by atoms with van der Waals surface area (Å²) in [7, 11) is 4.05. The molecule has 2 heterocycles. The lowest BCUT2D eigenvalue weighted by Crippen LogP contribution is -2.08. The number of hydrogen-bond donors (Lipinski definition) is 1. The van der Waals surface area contributed by atoms with E-state index < -0.39 is 0 Å². The molecule has 2 aromatic heterocycles. The fourth-order valence-corrected chi connectivity index (χ4v) is 3.09. The van der Waals surface area contributed by atoms with Crippen molar-refractivity contribution in [2.24, 2.45) is 0 Å². The molecule has 4 aromatic rings. The van der Waals surface area contributed by atoms with Gasteiger partial charge in [0, 0.05) is 48.7 Å². The van der Waals surface area contributed by atoms with Crippen molar-refractivity contribution in [3.63, 3.8) is 0 Å². The highest BCUT2D eigenvalue weighted by Gasteiger charge is 2.11. The number of benzene rings is 2. The number of aromatic nitrogens is 4. The molecule has 28 heavy (non-hydrogen) atoms. The van der Waals surface area contributed by atoms with E-state index >= 15 is 0 Å². The van der Waals surface area contributed by atoms with Gasteiger partial charge in [0.1, 0.15) is 5.82 Å². The van der Waals surface area contributed by atoms with Crippen molar-refractivity contribution >= 4 is 34.6 Å². The molecule has 0 radical (unpaired) electrons. The van der Waals surface area contributed by atoms with Gasteiger partial charge in [-0.1, -0.05) is 23.7 Å². The number of hydrogen-bond acceptors (Lipinski definition) is 5. The maximum absolute atomic E-state index is 5.96. The van der Waals surface area contributed by atoms with Crippen molar-refractivity contribution in [2.75, 3.05) is 24.3 Å². The molecule has 1 N–H and O–H groups in total. The Morgan fingerprint density at radius 1 is 1.00 bits per heavy atom. The summed E-state index contributed by atoms with van der Waals surface area (Å²) in [6.45, 7) is 1.95. The van der Waals surface area contributed by atoms with Crippen LogP contribution in [0.4, 0.5) is 17.2 Å². The Morgan fingerprint density at radius 3 is 2.39 bits per heavy atom. The van der Waals surface area contributed by atoms with Crippen molar-refractivity contribution in [1.82, 2.24) is 19.6 Å². The summed E-state index contributed by atoms with van der Waals surface area (Å²) in [6.07, 6.45) is 0.622. The number of halogens is 1. The molecule has 0 saturated carbocycles. The monoisotopic (exact) mass is 392 g/mol. The van der Waals surface area contributed by atoms with Crippen LogP contribution in [-0.4, -0.2) is 33.7 Å². The smallest absolute Gasteiger partial charge is 0.254 e. The quantitative estimate of drug-likeness (QED) is 0.542. The number of nitrogens with zero attached hydrogens (tertiary/aromatic N) is 5. The van der Waals surface area contributed by atoms with Gasteiger partial charge >= 0.3 is 0 Å². The van der Waals surface area contributed by atoms with Crippen molar-refractivity contribution in [3.8, 4) is 0 Å². The molecule has 6 nitrogen and oxygen atoms in total. The number of aryl methyl sites for hydroxylation is 1. The molecule has 0 amide bonds. The lowest BCUT2D eigenvalue weighted by Gasteiger charge is -2.13. The predicted molar refractivity (Wildman–Crippen MR) is 114 cm³/mol. The van der Waals surface area contributed by atoms with E-state index in [4.69, 9.17) is 11.6 Å². The van der Waals surface area contributed by atoms with E-state index in [1.807, 2.05) is 63.5 Å². The Morgan fingerprint density at radius 2 is 1.71 bits per heavy atom. The van der Waals surface area contributed by atoms with Gasteiger partial charge in [0.15, 0.2) is 5.82 Å². The highest BCUT2D eigenvalue weighted by Crippen LogP contribution is 2.21. The zero-order valence-corrected chi connectivity index (χ0v) is 16.8. The third-order valence-corrected chi connectivity index (χ3v) is 4.67. The van der Waals surface area contributed by atoms with Crippen molar-refractivity contribution in [1.29, 1.82) is 0 Å². The van der Waals surface area contributed by atoms with Gasteiger partial charge in [-0.05, 0) is 48.9 Å². The summed E-state index contributed by atoms with van der Waals surface area (Å²) in [5.74, 6) is 2.12. The Labute approximate surface area is 168 Å². The summed E-state index contributed by atoms with van der Waals surface area (Å²) in [6, 6.07) is 17.9. The number of nitrogens with one attached hydrogen (secondary N) is 1. The molecule has 0 spiro atoms. The van der Waals surface area contributed by atoms with Crippen LogP contribution in [0.3, 0.4) is 0 Å². The van der Waals surface area contributed by atoms with Gasteiger partial charge in [0.05, 0.1) is 0 Å². The molecule has 0 fully saturated rings. The Hall–Kier alpha value is -3.12. The first-order chi connectivity index (χ1) is 13.5. The van der Waals surface area contributed by atoms with Crippen LogP contribution in [0.2, 0.25) is 5.02 Å². The third kappa shape index (κ3) is 3.92. The summed E-state index contributed by atoms with van der Waals surface area (Å²) >= 11 is 5.96. The lowest BCUT2D eigenvalue weighted by atomic mass is 10.1. The van der Waals surface area contributed by atoms with Crippen LogP contribution >= 0.6 is 11.6 Å². The highest BCUT2D eigenvalue weighted by molar-refractivity contribution is 6.30. The van der Waals surface area contributed by atoms with E-state index in [0.717, 1.165) is 33.5 Å². The van der Waals surface area contributed by atoms with Gasteiger partial charge in [-0.15, -0.1) is 5.10 Å². The van der Waals surface area contributed by atoms with E-state index in [1.54, 1.807) is 4.52 Å². The minimum atomic E-state index is 0.580. The van der Waals surface area contributed by atoms with Crippen LogP contribution in [0.15, 0.2) is 54.6 Å². The Balaban J connectivity index is 1.64. The lowest BCUT2D eigenvalue weighted by molar-refractivity contribution is 0.894. The van der Waals surface area contributed by atoms with E-state index in [9.17, 15) is 0 Å². The van der Waals surface area contributed by atoms with Crippen LogP contribution in [0.25, 0.3) is 5.78 Å². The SMILES string of the molecule is Cc1cc(Nc2ccc(N(C)C)cc2)n2nc(Cc3ccc(Cl)cc3)nc2n1. The first-order valence-corrected chi connectivity index (χ1v) is 9.38. The summed E-state index contributed by atoms with van der Waals surface area (Å²) < 4.78 is 1.75. The van der Waals surface area contributed by atoms with Gasteiger partial charge in [0.2, 0.25) is 0 Å². The summed E-state index contributed by atoms with van der Waals surface area (Å²) in [5.41, 5.74) is 4.11. The highest BCUT2D eigenvalue weighted by atomic mass is 35.5. The molecule has 0 atom stereocenters. The van der Waals surface area contributed by atoms with Gasteiger partial charge in [-0.2, -0.15) is 9.50 Å². The van der Waals surface area contributed by atoms with Crippen molar-refractivity contribution in [2.45, 2.75) is 13.3 Å². The molecule has 4 rings (SSSR count). The van der Waals surface area contributed by atoms with E-state index in [1.165, 1.54) is 0 Å². The molecule has 142 valence electrons. The first-order valence-electron chi connectivity index (χ1n) is 9.00. The van der Waals surface area contributed by atoms with Gasteiger partial charge in [-0.3, -0.25) is 0 Å². The van der Waals surface area contributed by atoms with Crippen LogP contribution in [-0.2, 0) is 6.42 Å². The molecule has 0 aliphatic heterocycles. The van der Waals surface area contributed by atoms with E-state index in [0.29, 0.717) is 18.0 Å². The van der Waals surface area contributed by atoms with Gasteiger partial charge in [-0.25, -0.2) is 4.98 Å². The molecule has 0 saturated heterocycles. The largest absolute Gasteiger partial charge is 0.378 e. The molecule has 0 aliphatic carbocycles. The second-order valence-electron chi connectivity index (χ2n) is 6.89. The van der Waals surface area contributed by atoms with Gasteiger partial charge in [0.25, 0.3) is 5.78 Å². The fourth-order valence-electron chi connectivity index (χ4n) is 2.97. The molecule has 2 aromatic carbocycles. The minimum absolute atomic E-state index is 0.580. The van der Waals surface area contributed by atoms with E-state index in [-0.39, 0.29) is 0 Å². The van der Waals surface area contributed by atoms with Crippen molar-refractivity contribution in [3.05, 3.63) is 76.7 Å². The van der Waals surface area contributed by atoms with Gasteiger partial charge < -0.3 is 10.2 Å². The third-order valence-electron chi connectivity index (χ3n) is 4.42. The topological polar surface area (TPSA) is 58.4 Å². The number of rotatable bonds is 5. The average Bonchev–Trinajstić information content (AvgIpc) is 3.06. The maximum Gasteiger partial charge on any atom is 0.254 e. The molecule has 0 bridgehead atoms. The summed E-state index contributed by atoms with van der Waals surface area (Å²) in [5, 5.41) is 8.79. The summed E-state index contributed by atoms with van der Waals surface area (Å²) in [4.78, 5) is 11.2. The van der Waals surface area contributed by atoms with Crippen molar-refractivity contribution < 1.29 is 0 Å². The van der Waals surface area contributed by atoms with Crippen LogP contribution in [0.1, 0.15) is 17.1 Å². The number of fused-ring (bicyclic) bond motifs is 1. The second-order valence-corrected chi connectivity index (χ2v) is 7.33. The van der Waals surface area contributed by atoms with Crippen LogP contribution in [0.5, 0.6) is 0 Å². The zero-order chi connectivity index (χ0) is 19.7. The normalized spacial score (nSPS) is 11.0. The molecule has 0 unspecified atom stereocenters. The maximum atomic E-state index is 5.96. The zero-order valence-electron chi connectivity index (χ0n) is 16.0. The number of anilines is 3. The predicted octanol–water partition coefficient (Wildman–Crippen LogP) is 4.49. The van der Waals surface area contributed by atoms with Crippen LogP contribution in [0, 0.1) is 6.92 Å². The Kier molecular flexibility index (Phi) is 4.88. The second kappa shape index (κ2) is 7.48.